The molecule has 13 nitrogen and oxygen atoms in total. The molecule has 0 aliphatic carbocycles. The Morgan fingerprint density at radius 2 is 1.75 bits per heavy atom. The van der Waals surface area contributed by atoms with E-state index in [2.05, 4.69) is 47.3 Å². The third kappa shape index (κ3) is 9.58. The van der Waals surface area contributed by atoms with Gasteiger partial charge in [0.25, 0.3) is 5.91 Å². The molecule has 0 saturated carbocycles. The van der Waals surface area contributed by atoms with E-state index in [4.69, 9.17) is 10.8 Å². The third-order valence-electron chi connectivity index (χ3n) is 7.97. The van der Waals surface area contributed by atoms with Crippen LogP contribution in [0.3, 0.4) is 0 Å². The molecule has 5 aromatic rings. The Hall–Kier alpha value is -5.55. The maximum Gasteiger partial charge on any atom is 0.416 e. The van der Waals surface area contributed by atoms with Crippen LogP contribution in [-0.4, -0.2) is 79.1 Å². The van der Waals surface area contributed by atoms with Crippen LogP contribution in [0.4, 0.5) is 41.3 Å². The number of carboxylic acid groups (broad SMARTS) is 1. The molecular formula is C34H37F3N10O3S. The lowest BCUT2D eigenvalue weighted by atomic mass is 10.1. The summed E-state index contributed by atoms with van der Waals surface area (Å²) in [4.78, 5) is 45.3. The monoisotopic (exact) mass is 722 g/mol. The molecule has 51 heavy (non-hydrogen) atoms. The summed E-state index contributed by atoms with van der Waals surface area (Å²) in [5.74, 6) is 0.539. The van der Waals surface area contributed by atoms with Crippen LogP contribution >= 0.6 is 11.3 Å². The number of halogens is 3. The van der Waals surface area contributed by atoms with Crippen molar-refractivity contribution in [2.75, 3.05) is 54.0 Å². The van der Waals surface area contributed by atoms with Crippen molar-refractivity contribution >= 4 is 51.4 Å². The van der Waals surface area contributed by atoms with Crippen LogP contribution in [0.5, 0.6) is 0 Å². The standard InChI is InChI=1S/C19H17F3N4O.C15H20N6O2S/c1-11-3-4-15(8-17(11)23)25-18(27)13-5-14(19(20,21)22)7-16(6-13)26-9-12(2)24-10-26;1-3-20-4-6-21(7-5-20)13-8-12(17-10(2)18-13)19-15-16-9-11(24-15)14(22)23/h3-10H,23H2,1-2H3,(H,25,27);8-9H,3-7H2,1-2H3,(H,22,23)(H,16,17,18,19). The number of carbonyl (C=O) groups is 2. The number of alkyl halides is 3. The normalized spacial score (nSPS) is 13.4. The van der Waals surface area contributed by atoms with Crippen LogP contribution in [-0.2, 0) is 6.18 Å². The fourth-order valence-electron chi connectivity index (χ4n) is 5.15. The van der Waals surface area contributed by atoms with Gasteiger partial charge in [0.05, 0.1) is 23.8 Å². The van der Waals surface area contributed by atoms with Crippen molar-refractivity contribution in [2.24, 2.45) is 0 Å². The minimum absolute atomic E-state index is 0.120. The van der Waals surface area contributed by atoms with Crippen LogP contribution in [0, 0.1) is 20.8 Å². The summed E-state index contributed by atoms with van der Waals surface area (Å²) in [7, 11) is 0. The Morgan fingerprint density at radius 3 is 2.35 bits per heavy atom. The third-order valence-corrected chi connectivity index (χ3v) is 8.87. The van der Waals surface area contributed by atoms with Crippen molar-refractivity contribution in [2.45, 2.75) is 33.9 Å². The van der Waals surface area contributed by atoms with Gasteiger partial charge in [-0.05, 0) is 63.2 Å². The number of aryl methyl sites for hydroxylation is 3. The first kappa shape index (κ1) is 36.7. The second kappa shape index (κ2) is 15.6. The Balaban J connectivity index is 0.000000199. The highest BCUT2D eigenvalue weighted by Gasteiger charge is 2.32. The highest BCUT2D eigenvalue weighted by Crippen LogP contribution is 2.32. The lowest BCUT2D eigenvalue weighted by molar-refractivity contribution is -0.137. The molecule has 3 aromatic heterocycles. The first-order valence-corrected chi connectivity index (χ1v) is 16.7. The van der Waals surface area contributed by atoms with Gasteiger partial charge >= 0.3 is 12.1 Å². The number of anilines is 5. The zero-order valence-electron chi connectivity index (χ0n) is 28.3. The number of aromatic carboxylic acids is 1. The molecule has 1 aliphatic rings. The quantitative estimate of drug-likeness (QED) is 0.135. The van der Waals surface area contributed by atoms with Gasteiger partial charge < -0.3 is 35.8 Å². The van der Waals surface area contributed by atoms with E-state index in [-0.39, 0.29) is 16.1 Å². The number of rotatable bonds is 8. The Morgan fingerprint density at radius 1 is 1.00 bits per heavy atom. The number of nitrogen functional groups attached to an aromatic ring is 1. The van der Waals surface area contributed by atoms with Gasteiger partial charge in [0.15, 0.2) is 5.13 Å². The molecule has 0 spiro atoms. The number of hydrogen-bond donors (Lipinski definition) is 4. The molecule has 0 atom stereocenters. The zero-order valence-corrected chi connectivity index (χ0v) is 29.1. The van der Waals surface area contributed by atoms with Crippen molar-refractivity contribution < 1.29 is 27.9 Å². The van der Waals surface area contributed by atoms with E-state index in [0.29, 0.717) is 33.8 Å². The molecule has 1 saturated heterocycles. The van der Waals surface area contributed by atoms with Crippen LogP contribution < -0.4 is 21.3 Å². The lowest BCUT2D eigenvalue weighted by Crippen LogP contribution is -2.46. The van der Waals surface area contributed by atoms with Gasteiger partial charge in [-0.3, -0.25) is 4.79 Å². The molecule has 1 amide bonds. The number of carbonyl (C=O) groups excluding carboxylic acids is 1. The largest absolute Gasteiger partial charge is 0.477 e. The number of piperazine rings is 1. The molecule has 0 bridgehead atoms. The number of thiazole rings is 1. The van der Waals surface area contributed by atoms with E-state index >= 15 is 0 Å². The molecule has 2 aromatic carbocycles. The minimum Gasteiger partial charge on any atom is -0.477 e. The van der Waals surface area contributed by atoms with Crippen LogP contribution in [0.1, 0.15) is 49.6 Å². The number of nitrogens with zero attached hydrogens (tertiary/aromatic N) is 7. The number of carboxylic acids is 1. The van der Waals surface area contributed by atoms with Gasteiger partial charge in [-0.25, -0.2) is 24.7 Å². The summed E-state index contributed by atoms with van der Waals surface area (Å²) >= 11 is 1.08. The molecule has 1 fully saturated rings. The van der Waals surface area contributed by atoms with Crippen LogP contribution in [0.15, 0.2) is 61.2 Å². The summed E-state index contributed by atoms with van der Waals surface area (Å²) in [6.45, 7) is 12.5. The highest BCUT2D eigenvalue weighted by molar-refractivity contribution is 7.17. The Kier molecular flexibility index (Phi) is 11.2. The predicted octanol–water partition coefficient (Wildman–Crippen LogP) is 6.17. The predicted molar refractivity (Wildman–Crippen MR) is 190 cm³/mol. The summed E-state index contributed by atoms with van der Waals surface area (Å²) in [5, 5.41) is 15.1. The van der Waals surface area contributed by atoms with Gasteiger partial charge in [0.2, 0.25) is 0 Å². The number of nitrogens with two attached hydrogens (primary N) is 1. The maximum atomic E-state index is 13.3. The van der Waals surface area contributed by atoms with Crippen molar-refractivity contribution in [1.82, 2.24) is 29.4 Å². The maximum absolute atomic E-state index is 13.3. The van der Waals surface area contributed by atoms with Crippen LogP contribution in [0.25, 0.3) is 5.69 Å². The summed E-state index contributed by atoms with van der Waals surface area (Å²) in [6.07, 6.45) is -0.270. The number of benzene rings is 2. The van der Waals surface area contributed by atoms with E-state index < -0.39 is 23.6 Å². The number of nitrogens with one attached hydrogen (secondary N) is 2. The van der Waals surface area contributed by atoms with Crippen LogP contribution in [0.2, 0.25) is 0 Å². The Bertz CT molecular complexity index is 2020. The number of hydrogen-bond acceptors (Lipinski definition) is 11. The van der Waals surface area contributed by atoms with Gasteiger partial charge in [-0.2, -0.15) is 13.2 Å². The molecule has 0 radical (unpaired) electrons. The number of aromatic nitrogens is 5. The minimum atomic E-state index is -4.59. The first-order chi connectivity index (χ1) is 24.2. The van der Waals surface area contributed by atoms with Gasteiger partial charge in [0, 0.05) is 61.1 Å². The van der Waals surface area contributed by atoms with E-state index in [9.17, 15) is 22.8 Å². The van der Waals surface area contributed by atoms with E-state index in [1.54, 1.807) is 31.3 Å². The molecule has 1 aliphatic heterocycles. The number of likely N-dealkylation sites (N-methyl/N-ethyl adjacent to an activating group) is 1. The SMILES string of the molecule is CCN1CCN(c2cc(Nc3ncc(C(=O)O)s3)nc(C)n2)CC1.Cc1cn(-c2cc(C(=O)Nc3ccc(C)c(N)c3)cc(C(F)(F)F)c2)cn1. The fraction of sp³-hybridized carbons (Fsp3) is 0.294. The smallest absolute Gasteiger partial charge is 0.416 e. The molecular weight excluding hydrogens is 686 g/mol. The summed E-state index contributed by atoms with van der Waals surface area (Å²) in [6, 6.07) is 9.97. The van der Waals surface area contributed by atoms with Gasteiger partial charge in [0.1, 0.15) is 22.3 Å². The van der Waals surface area contributed by atoms with E-state index in [1.165, 1.54) is 23.2 Å². The summed E-state index contributed by atoms with van der Waals surface area (Å²) in [5.41, 5.74) is 7.33. The van der Waals surface area contributed by atoms with Crippen molar-refractivity contribution in [1.29, 1.82) is 0 Å². The van der Waals surface area contributed by atoms with Crippen molar-refractivity contribution in [3.05, 3.63) is 94.3 Å². The van der Waals surface area contributed by atoms with E-state index in [0.717, 1.165) is 67.6 Å². The fourth-order valence-corrected chi connectivity index (χ4v) is 5.81. The lowest BCUT2D eigenvalue weighted by Gasteiger charge is -2.34. The van der Waals surface area contributed by atoms with Crippen molar-refractivity contribution in [3.63, 3.8) is 0 Å². The van der Waals surface area contributed by atoms with Gasteiger partial charge in [-0.15, -0.1) is 0 Å². The van der Waals surface area contributed by atoms with Crippen molar-refractivity contribution in [3.8, 4) is 5.69 Å². The number of amides is 1. The molecule has 5 N–H and O–H groups in total. The molecule has 0 unspecified atom stereocenters. The number of imidazole rings is 1. The molecule has 268 valence electrons. The summed E-state index contributed by atoms with van der Waals surface area (Å²) < 4.78 is 41.3. The van der Waals surface area contributed by atoms with E-state index in [1.807, 2.05) is 19.9 Å². The zero-order chi connectivity index (χ0) is 36.9. The van der Waals surface area contributed by atoms with Gasteiger partial charge in [-0.1, -0.05) is 24.3 Å². The molecule has 17 heteroatoms. The average molecular weight is 723 g/mol. The topological polar surface area (TPSA) is 167 Å². The first-order valence-electron chi connectivity index (χ1n) is 15.9. The Labute approximate surface area is 296 Å². The highest BCUT2D eigenvalue weighted by atomic mass is 32.1. The second-order valence-corrected chi connectivity index (χ2v) is 12.8. The average Bonchev–Trinajstić information content (AvgIpc) is 3.75. The second-order valence-electron chi connectivity index (χ2n) is 11.8. The molecule has 6 rings (SSSR count). The molecule has 4 heterocycles.